The van der Waals surface area contributed by atoms with Crippen LogP contribution in [0.25, 0.3) is 0 Å². The second-order valence-corrected chi connectivity index (χ2v) is 6.87. The van der Waals surface area contributed by atoms with Crippen LogP contribution < -0.4 is 10.6 Å². The first kappa shape index (κ1) is 18.1. The average Bonchev–Trinajstić information content (AvgIpc) is 2.99. The fourth-order valence-electron chi connectivity index (χ4n) is 3.83. The number of piperidine rings is 1. The Labute approximate surface area is 155 Å². The van der Waals surface area contributed by atoms with Gasteiger partial charge in [0.05, 0.1) is 12.2 Å². The van der Waals surface area contributed by atoms with Crippen LogP contribution in [0.4, 0.5) is 11.6 Å². The highest BCUT2D eigenvalue weighted by atomic mass is 35.5. The molecular weight excluding hydrogens is 336 g/mol. The van der Waals surface area contributed by atoms with E-state index in [0.29, 0.717) is 5.92 Å². The molecule has 4 heterocycles. The van der Waals surface area contributed by atoms with Gasteiger partial charge in [-0.2, -0.15) is 0 Å². The third-order valence-corrected chi connectivity index (χ3v) is 5.03. The zero-order valence-corrected chi connectivity index (χ0v) is 15.1. The number of pyridine rings is 2. The predicted molar refractivity (Wildman–Crippen MR) is 102 cm³/mol. The molecule has 2 aliphatic heterocycles. The zero-order valence-electron chi connectivity index (χ0n) is 14.3. The molecule has 0 aromatic carbocycles. The number of aromatic nitrogens is 2. The van der Waals surface area contributed by atoms with Gasteiger partial charge < -0.3 is 15.4 Å². The van der Waals surface area contributed by atoms with E-state index in [1.54, 1.807) is 6.20 Å². The molecule has 1 spiro atoms. The normalized spacial score (nSPS) is 21.7. The lowest BCUT2D eigenvalue weighted by molar-refractivity contribution is -0.0196. The predicted octanol–water partition coefficient (Wildman–Crippen LogP) is 3.34. The molecule has 2 N–H and O–H groups in total. The third kappa shape index (κ3) is 4.48. The number of nitrogens with one attached hydrogen (secondary N) is 2. The quantitative estimate of drug-likeness (QED) is 0.875. The molecule has 0 aliphatic carbocycles. The summed E-state index contributed by atoms with van der Waals surface area (Å²) in [6.45, 7) is 3.02. The molecule has 1 unspecified atom stereocenters. The number of nitrogens with zero attached hydrogens (tertiary/aromatic N) is 2. The number of hydrogen-bond donors (Lipinski definition) is 2. The Kier molecular flexibility index (Phi) is 5.89. The van der Waals surface area contributed by atoms with Crippen LogP contribution in [0, 0.1) is 5.92 Å². The highest BCUT2D eigenvalue weighted by Gasteiger charge is 2.40. The van der Waals surface area contributed by atoms with Crippen LogP contribution >= 0.6 is 12.4 Å². The fraction of sp³-hybridized carbons (Fsp3) is 0.474. The molecule has 2 aromatic heterocycles. The lowest BCUT2D eigenvalue weighted by Crippen LogP contribution is -2.41. The summed E-state index contributed by atoms with van der Waals surface area (Å²) in [6.07, 6.45) is 6.19. The summed E-state index contributed by atoms with van der Waals surface area (Å²) in [5.41, 5.74) is 1.25. The van der Waals surface area contributed by atoms with Gasteiger partial charge in [-0.1, -0.05) is 12.1 Å². The number of anilines is 2. The van der Waals surface area contributed by atoms with E-state index in [4.69, 9.17) is 9.72 Å². The molecule has 4 rings (SSSR count). The molecule has 2 aliphatic rings. The first-order chi connectivity index (χ1) is 11.8. The van der Waals surface area contributed by atoms with E-state index in [2.05, 4.69) is 27.8 Å². The van der Waals surface area contributed by atoms with Crippen LogP contribution in [0.3, 0.4) is 0 Å². The topological polar surface area (TPSA) is 59.1 Å². The lowest BCUT2D eigenvalue weighted by atomic mass is 9.85. The maximum absolute atomic E-state index is 6.20. The number of ether oxygens (including phenoxy) is 1. The summed E-state index contributed by atoms with van der Waals surface area (Å²) in [5.74, 6) is 2.24. The maximum atomic E-state index is 6.20. The largest absolute Gasteiger partial charge is 0.375 e. The van der Waals surface area contributed by atoms with Gasteiger partial charge in [-0.3, -0.25) is 0 Å². The van der Waals surface area contributed by atoms with E-state index >= 15 is 0 Å². The van der Waals surface area contributed by atoms with Crippen molar-refractivity contribution in [1.82, 2.24) is 15.3 Å². The molecule has 25 heavy (non-hydrogen) atoms. The number of hydrogen-bond acceptors (Lipinski definition) is 5. The van der Waals surface area contributed by atoms with E-state index in [1.165, 1.54) is 0 Å². The van der Waals surface area contributed by atoms with E-state index in [-0.39, 0.29) is 18.0 Å². The first-order valence-corrected chi connectivity index (χ1v) is 8.80. The van der Waals surface area contributed by atoms with Crippen molar-refractivity contribution in [2.24, 2.45) is 5.92 Å². The highest BCUT2D eigenvalue weighted by Crippen LogP contribution is 2.38. The van der Waals surface area contributed by atoms with Crippen LogP contribution in [-0.4, -0.2) is 35.3 Å². The Hall–Kier alpha value is -1.69. The molecule has 134 valence electrons. The molecule has 0 amide bonds. The Morgan fingerprint density at radius 1 is 1.12 bits per heavy atom. The van der Waals surface area contributed by atoms with Crippen LogP contribution in [0.15, 0.2) is 42.6 Å². The fourth-order valence-corrected chi connectivity index (χ4v) is 3.83. The summed E-state index contributed by atoms with van der Waals surface area (Å²) in [6, 6.07) is 12.0. The van der Waals surface area contributed by atoms with E-state index in [1.807, 2.05) is 24.3 Å². The molecule has 0 bridgehead atoms. The molecule has 2 saturated heterocycles. The van der Waals surface area contributed by atoms with Crippen LogP contribution in [0.1, 0.15) is 25.0 Å². The van der Waals surface area contributed by atoms with Crippen molar-refractivity contribution >= 4 is 24.0 Å². The molecular formula is C19H25ClN4O. The van der Waals surface area contributed by atoms with Gasteiger partial charge in [-0.05, 0) is 69.0 Å². The van der Waals surface area contributed by atoms with Gasteiger partial charge in [0, 0.05) is 11.9 Å². The minimum absolute atomic E-state index is 0. The molecule has 0 radical (unpaired) electrons. The van der Waals surface area contributed by atoms with Gasteiger partial charge in [-0.25, -0.2) is 9.97 Å². The van der Waals surface area contributed by atoms with Crippen molar-refractivity contribution in [2.45, 2.75) is 31.3 Å². The minimum Gasteiger partial charge on any atom is -0.375 e. The van der Waals surface area contributed by atoms with Gasteiger partial charge in [0.1, 0.15) is 11.6 Å². The van der Waals surface area contributed by atoms with Crippen LogP contribution in [-0.2, 0) is 11.2 Å². The van der Waals surface area contributed by atoms with Crippen molar-refractivity contribution in [3.63, 3.8) is 0 Å². The van der Waals surface area contributed by atoms with E-state index < -0.39 is 0 Å². The van der Waals surface area contributed by atoms with Gasteiger partial charge in [0.25, 0.3) is 0 Å². The van der Waals surface area contributed by atoms with Crippen molar-refractivity contribution in [1.29, 1.82) is 0 Å². The standard InChI is InChI=1S/C19H24N4O.ClH/c1-2-9-21-17(5-1)23-18-6-3-4-16(22-18)12-15-13-19(24-14-15)7-10-20-11-8-19;/h1-6,9,15,20H,7-8,10-14H2,(H,21,22,23);1H. The van der Waals surface area contributed by atoms with Crippen LogP contribution in [0.2, 0.25) is 0 Å². The van der Waals surface area contributed by atoms with Crippen LogP contribution in [0.5, 0.6) is 0 Å². The summed E-state index contributed by atoms with van der Waals surface area (Å²) < 4.78 is 6.20. The summed E-state index contributed by atoms with van der Waals surface area (Å²) in [7, 11) is 0. The smallest absolute Gasteiger partial charge is 0.131 e. The number of halogens is 1. The minimum atomic E-state index is 0. The van der Waals surface area contributed by atoms with Crippen molar-refractivity contribution < 1.29 is 4.74 Å². The first-order valence-electron chi connectivity index (χ1n) is 8.80. The monoisotopic (exact) mass is 360 g/mol. The molecule has 2 fully saturated rings. The lowest BCUT2D eigenvalue weighted by Gasteiger charge is -2.33. The van der Waals surface area contributed by atoms with Crippen molar-refractivity contribution in [3.8, 4) is 0 Å². The van der Waals surface area contributed by atoms with Gasteiger partial charge in [0.2, 0.25) is 0 Å². The summed E-state index contributed by atoms with van der Waals surface area (Å²) in [5, 5.41) is 6.69. The van der Waals surface area contributed by atoms with Gasteiger partial charge in [-0.15, -0.1) is 12.4 Å². The van der Waals surface area contributed by atoms with Crippen molar-refractivity contribution in [2.75, 3.05) is 25.0 Å². The molecule has 6 heteroatoms. The molecule has 1 atom stereocenters. The number of rotatable bonds is 4. The van der Waals surface area contributed by atoms with Gasteiger partial charge >= 0.3 is 0 Å². The Balaban J connectivity index is 0.00000182. The second-order valence-electron chi connectivity index (χ2n) is 6.87. The Bertz CT molecular complexity index is 676. The zero-order chi connectivity index (χ0) is 16.2. The highest BCUT2D eigenvalue weighted by molar-refractivity contribution is 5.85. The van der Waals surface area contributed by atoms with Gasteiger partial charge in [0.15, 0.2) is 0 Å². The molecule has 0 saturated carbocycles. The van der Waals surface area contributed by atoms with E-state index in [9.17, 15) is 0 Å². The molecule has 5 nitrogen and oxygen atoms in total. The summed E-state index contributed by atoms with van der Waals surface area (Å²) in [4.78, 5) is 9.03. The Morgan fingerprint density at radius 2 is 1.96 bits per heavy atom. The SMILES string of the molecule is Cl.c1ccc(Nc2cccc(CC3COC4(CCNCC4)C3)n2)nc1. The Morgan fingerprint density at radius 3 is 2.76 bits per heavy atom. The average molecular weight is 361 g/mol. The second kappa shape index (κ2) is 8.13. The van der Waals surface area contributed by atoms with Crippen molar-refractivity contribution in [3.05, 3.63) is 48.3 Å². The third-order valence-electron chi connectivity index (χ3n) is 5.03. The maximum Gasteiger partial charge on any atom is 0.131 e. The summed E-state index contributed by atoms with van der Waals surface area (Å²) >= 11 is 0. The molecule has 2 aromatic rings. The van der Waals surface area contributed by atoms with E-state index in [0.717, 1.165) is 62.7 Å².